The number of nitrogens with zero attached hydrogens (tertiary/aromatic N) is 1. The van der Waals surface area contributed by atoms with Gasteiger partial charge in [0.25, 0.3) is 0 Å². The minimum absolute atomic E-state index is 0.389. The maximum atomic E-state index is 12.4. The number of hydrogen-bond donors (Lipinski definition) is 2. The lowest BCUT2D eigenvalue weighted by Crippen LogP contribution is -2.16. The lowest BCUT2D eigenvalue weighted by atomic mass is 10.1. The standard InChI is InChI=1S/C23H23ClN2O5S/c1-14(18-5-3-4-6-19(18)24)31-23(29)25-20-13-30-26-21(20)17-9-7-16(8-10-17)11-12-32-15(2)22(27)28/h3-10,13-15H,11-12H2,1-2H3,(H,25,29)(H,27,28)/t14-,15?/m1/s1. The summed E-state index contributed by atoms with van der Waals surface area (Å²) < 4.78 is 10.5. The van der Waals surface area contributed by atoms with Crippen LogP contribution in [0.25, 0.3) is 11.3 Å². The van der Waals surface area contributed by atoms with E-state index in [-0.39, 0.29) is 0 Å². The molecule has 3 rings (SSSR count). The fourth-order valence-electron chi connectivity index (χ4n) is 2.96. The fourth-order valence-corrected chi connectivity index (χ4v) is 4.10. The molecule has 0 spiro atoms. The number of nitrogens with one attached hydrogen (secondary N) is 1. The Hall–Kier alpha value is -2.97. The van der Waals surface area contributed by atoms with Crippen LogP contribution in [-0.2, 0) is 16.0 Å². The van der Waals surface area contributed by atoms with Crippen LogP contribution in [0.5, 0.6) is 0 Å². The normalized spacial score (nSPS) is 12.7. The lowest BCUT2D eigenvalue weighted by Gasteiger charge is -2.15. The number of halogens is 1. The van der Waals surface area contributed by atoms with Gasteiger partial charge >= 0.3 is 12.1 Å². The van der Waals surface area contributed by atoms with Gasteiger partial charge in [-0.25, -0.2) is 4.79 Å². The van der Waals surface area contributed by atoms with Gasteiger partial charge in [0.05, 0.1) is 5.25 Å². The van der Waals surface area contributed by atoms with Crippen LogP contribution in [-0.4, -0.2) is 33.3 Å². The molecule has 0 aliphatic heterocycles. The molecule has 0 aliphatic carbocycles. The Kier molecular flexibility index (Phi) is 8.19. The summed E-state index contributed by atoms with van der Waals surface area (Å²) in [7, 11) is 0. The first kappa shape index (κ1) is 23.7. The zero-order valence-electron chi connectivity index (χ0n) is 17.6. The van der Waals surface area contributed by atoms with Crippen molar-refractivity contribution in [2.45, 2.75) is 31.6 Å². The quantitative estimate of drug-likeness (QED) is 0.389. The van der Waals surface area contributed by atoms with Gasteiger partial charge in [-0.1, -0.05) is 59.2 Å². The molecule has 0 aliphatic rings. The number of thioether (sulfide) groups is 1. The van der Waals surface area contributed by atoms with Crippen LogP contribution in [0.15, 0.2) is 59.3 Å². The van der Waals surface area contributed by atoms with E-state index in [1.165, 1.54) is 18.0 Å². The number of benzene rings is 2. The number of carboxylic acid groups (broad SMARTS) is 1. The van der Waals surface area contributed by atoms with Crippen molar-refractivity contribution in [2.24, 2.45) is 0 Å². The number of amides is 1. The number of rotatable bonds is 9. The number of carboxylic acids is 1. The van der Waals surface area contributed by atoms with Crippen molar-refractivity contribution in [3.8, 4) is 11.3 Å². The Morgan fingerprint density at radius 2 is 1.91 bits per heavy atom. The summed E-state index contributed by atoms with van der Waals surface area (Å²) in [6.45, 7) is 3.42. The van der Waals surface area contributed by atoms with Crippen LogP contribution in [0, 0.1) is 0 Å². The van der Waals surface area contributed by atoms with E-state index in [0.717, 1.165) is 17.5 Å². The first-order valence-corrected chi connectivity index (χ1v) is 11.4. The third kappa shape index (κ3) is 6.27. The highest BCUT2D eigenvalue weighted by Crippen LogP contribution is 2.29. The number of anilines is 1. The number of aromatic nitrogens is 1. The number of aliphatic carboxylic acids is 1. The van der Waals surface area contributed by atoms with E-state index in [1.54, 1.807) is 26.0 Å². The molecule has 168 valence electrons. The van der Waals surface area contributed by atoms with Gasteiger partial charge in [0.2, 0.25) is 0 Å². The van der Waals surface area contributed by atoms with Gasteiger partial charge in [-0.15, -0.1) is 11.8 Å². The predicted octanol–water partition coefficient (Wildman–Crippen LogP) is 6.05. The molecule has 1 unspecified atom stereocenters. The van der Waals surface area contributed by atoms with Gasteiger partial charge in [-0.2, -0.15) is 0 Å². The van der Waals surface area contributed by atoms with E-state index in [1.807, 2.05) is 36.4 Å². The number of carbonyl (C=O) groups is 2. The summed E-state index contributed by atoms with van der Waals surface area (Å²) in [6, 6.07) is 14.8. The summed E-state index contributed by atoms with van der Waals surface area (Å²) in [4.78, 5) is 23.3. The van der Waals surface area contributed by atoms with Crippen molar-refractivity contribution in [1.82, 2.24) is 5.16 Å². The smallest absolute Gasteiger partial charge is 0.412 e. The third-order valence-corrected chi connectivity index (χ3v) is 6.25. The van der Waals surface area contributed by atoms with Crippen molar-refractivity contribution in [3.05, 3.63) is 70.9 Å². The third-order valence-electron chi connectivity index (χ3n) is 4.77. The first-order valence-electron chi connectivity index (χ1n) is 9.95. The molecule has 2 atom stereocenters. The SMILES string of the molecule is CC(SCCc1ccc(-c2nocc2NC(=O)O[C@H](C)c2ccccc2Cl)cc1)C(=O)O. The Morgan fingerprint density at radius 3 is 2.59 bits per heavy atom. The van der Waals surface area contributed by atoms with Gasteiger partial charge in [0.1, 0.15) is 23.7 Å². The molecule has 32 heavy (non-hydrogen) atoms. The average molecular weight is 475 g/mol. The molecule has 9 heteroatoms. The average Bonchev–Trinajstić information content (AvgIpc) is 3.22. The molecule has 1 heterocycles. The van der Waals surface area contributed by atoms with Crippen molar-refractivity contribution < 1.29 is 24.0 Å². The number of aryl methyl sites for hydroxylation is 1. The second-order valence-electron chi connectivity index (χ2n) is 7.07. The summed E-state index contributed by atoms with van der Waals surface area (Å²) >= 11 is 7.56. The highest BCUT2D eigenvalue weighted by molar-refractivity contribution is 8.00. The molecule has 1 aromatic heterocycles. The topological polar surface area (TPSA) is 102 Å². The maximum absolute atomic E-state index is 12.4. The van der Waals surface area contributed by atoms with Crippen LogP contribution in [0.4, 0.5) is 10.5 Å². The minimum atomic E-state index is -0.809. The minimum Gasteiger partial charge on any atom is -0.480 e. The van der Waals surface area contributed by atoms with E-state index >= 15 is 0 Å². The van der Waals surface area contributed by atoms with Gasteiger partial charge in [-0.3, -0.25) is 10.1 Å². The van der Waals surface area contributed by atoms with E-state index in [0.29, 0.717) is 27.7 Å². The second kappa shape index (κ2) is 11.1. The predicted molar refractivity (Wildman–Crippen MR) is 125 cm³/mol. The van der Waals surface area contributed by atoms with Crippen LogP contribution < -0.4 is 5.32 Å². The van der Waals surface area contributed by atoms with E-state index in [2.05, 4.69) is 10.5 Å². The molecule has 7 nitrogen and oxygen atoms in total. The van der Waals surface area contributed by atoms with Gasteiger partial charge < -0.3 is 14.4 Å². The summed E-state index contributed by atoms with van der Waals surface area (Å²) in [5.74, 6) is -0.102. The van der Waals surface area contributed by atoms with Crippen molar-refractivity contribution >= 4 is 41.1 Å². The monoisotopic (exact) mass is 474 g/mol. The molecule has 2 aromatic carbocycles. The first-order chi connectivity index (χ1) is 15.3. The van der Waals surface area contributed by atoms with Crippen molar-refractivity contribution in [1.29, 1.82) is 0 Å². The van der Waals surface area contributed by atoms with Crippen molar-refractivity contribution in [2.75, 3.05) is 11.1 Å². The molecule has 1 amide bonds. The molecule has 3 aromatic rings. The molecule has 0 fully saturated rings. The second-order valence-corrected chi connectivity index (χ2v) is 8.92. The van der Waals surface area contributed by atoms with Crippen LogP contribution in [0.2, 0.25) is 5.02 Å². The molecule has 0 saturated heterocycles. The zero-order chi connectivity index (χ0) is 23.1. The number of carbonyl (C=O) groups excluding carboxylic acids is 1. The van der Waals surface area contributed by atoms with Crippen LogP contribution in [0.1, 0.15) is 31.1 Å². The Bertz CT molecular complexity index is 1070. The van der Waals surface area contributed by atoms with Crippen LogP contribution in [0.3, 0.4) is 0 Å². The molecule has 2 N–H and O–H groups in total. The summed E-state index contributed by atoms with van der Waals surface area (Å²) in [5, 5.41) is 15.7. The molecule has 0 radical (unpaired) electrons. The molecular formula is C23H23ClN2O5S. The van der Waals surface area contributed by atoms with E-state index < -0.39 is 23.4 Å². The van der Waals surface area contributed by atoms with E-state index in [9.17, 15) is 9.59 Å². The summed E-state index contributed by atoms with van der Waals surface area (Å²) in [6.07, 6.45) is 0.906. The summed E-state index contributed by atoms with van der Waals surface area (Å²) in [5.41, 5.74) is 3.42. The maximum Gasteiger partial charge on any atom is 0.412 e. The highest BCUT2D eigenvalue weighted by atomic mass is 35.5. The van der Waals surface area contributed by atoms with Gasteiger partial charge in [0, 0.05) is 16.1 Å². The molecule has 0 bridgehead atoms. The fraction of sp³-hybridized carbons (Fsp3) is 0.261. The van der Waals surface area contributed by atoms with Gasteiger partial charge in [0.15, 0.2) is 0 Å². The Labute approximate surface area is 195 Å². The lowest BCUT2D eigenvalue weighted by molar-refractivity contribution is -0.136. The van der Waals surface area contributed by atoms with E-state index in [4.69, 9.17) is 26.0 Å². The number of ether oxygens (including phenoxy) is 1. The largest absolute Gasteiger partial charge is 0.480 e. The number of hydrogen-bond acceptors (Lipinski definition) is 6. The Balaban J connectivity index is 1.59. The van der Waals surface area contributed by atoms with Gasteiger partial charge in [-0.05, 0) is 37.7 Å². The van der Waals surface area contributed by atoms with Crippen molar-refractivity contribution in [3.63, 3.8) is 0 Å². The Morgan fingerprint density at radius 1 is 1.19 bits per heavy atom. The highest BCUT2D eigenvalue weighted by Gasteiger charge is 2.18. The van der Waals surface area contributed by atoms with Crippen LogP contribution >= 0.6 is 23.4 Å². The molecular weight excluding hydrogens is 452 g/mol. The zero-order valence-corrected chi connectivity index (χ0v) is 19.2. The molecule has 0 saturated carbocycles.